The molecule has 1 aromatic carbocycles. The number of nitrogens with one attached hydrogen (secondary N) is 1. The number of rotatable bonds is 5. The maximum atomic E-state index is 10.9. The lowest BCUT2D eigenvalue weighted by atomic mass is 10.0. The van der Waals surface area contributed by atoms with Gasteiger partial charge in [0.2, 0.25) is 0 Å². The maximum Gasteiger partial charge on any atom is 0.269 e. The van der Waals surface area contributed by atoms with Crippen molar-refractivity contribution in [3.63, 3.8) is 0 Å². The smallest absolute Gasteiger partial charge is 0.269 e. The molecule has 2 atom stereocenters. The van der Waals surface area contributed by atoms with Crippen LogP contribution in [-0.2, 0) is 5.54 Å². The third-order valence-corrected chi connectivity index (χ3v) is 4.17. The number of non-ortho nitro benzene ring substituents is 1. The molecule has 0 radical (unpaired) electrons. The first kappa shape index (κ1) is 18.1. The van der Waals surface area contributed by atoms with E-state index in [1.54, 1.807) is 12.1 Å². The van der Waals surface area contributed by atoms with E-state index in [4.69, 9.17) is 0 Å². The molecule has 6 nitrogen and oxygen atoms in total. The molecule has 6 heteroatoms. The number of aryl methyl sites for hydroxylation is 1. The van der Waals surface area contributed by atoms with E-state index in [0.29, 0.717) is 0 Å². The molecule has 130 valence electrons. The van der Waals surface area contributed by atoms with Crippen molar-refractivity contribution >= 4 is 5.69 Å². The lowest BCUT2D eigenvalue weighted by Gasteiger charge is -2.21. The lowest BCUT2D eigenvalue weighted by molar-refractivity contribution is -0.384. The summed E-state index contributed by atoms with van der Waals surface area (Å²) in [6.07, 6.45) is 2.08. The first-order valence-electron chi connectivity index (χ1n) is 8.16. The highest BCUT2D eigenvalue weighted by Gasteiger charge is 2.20. The van der Waals surface area contributed by atoms with Crippen molar-refractivity contribution in [1.82, 2.24) is 15.1 Å². The minimum absolute atomic E-state index is 0.00251. The van der Waals surface area contributed by atoms with Gasteiger partial charge in [0.15, 0.2) is 0 Å². The Labute approximate surface area is 143 Å². The van der Waals surface area contributed by atoms with E-state index >= 15 is 0 Å². The minimum Gasteiger partial charge on any atom is -0.304 e. The summed E-state index contributed by atoms with van der Waals surface area (Å²) in [4.78, 5) is 10.6. The maximum absolute atomic E-state index is 10.9. The molecule has 0 spiro atoms. The van der Waals surface area contributed by atoms with Crippen LogP contribution in [0.3, 0.4) is 0 Å². The average Bonchev–Trinajstić information content (AvgIpc) is 2.89. The van der Waals surface area contributed by atoms with Crippen LogP contribution in [0.15, 0.2) is 30.5 Å². The van der Waals surface area contributed by atoms with E-state index in [-0.39, 0.29) is 28.2 Å². The van der Waals surface area contributed by atoms with Gasteiger partial charge in [0, 0.05) is 36.0 Å². The summed E-state index contributed by atoms with van der Waals surface area (Å²) < 4.78 is 1.98. The fourth-order valence-electron chi connectivity index (χ4n) is 2.71. The first-order valence-corrected chi connectivity index (χ1v) is 8.16. The van der Waals surface area contributed by atoms with Gasteiger partial charge in [0.25, 0.3) is 5.69 Å². The number of hydrogen-bond donors (Lipinski definition) is 1. The largest absolute Gasteiger partial charge is 0.304 e. The first-order chi connectivity index (χ1) is 11.1. The van der Waals surface area contributed by atoms with Crippen LogP contribution in [0.25, 0.3) is 0 Å². The van der Waals surface area contributed by atoms with Gasteiger partial charge >= 0.3 is 0 Å². The van der Waals surface area contributed by atoms with Gasteiger partial charge < -0.3 is 5.32 Å². The zero-order valence-electron chi connectivity index (χ0n) is 15.2. The van der Waals surface area contributed by atoms with Gasteiger partial charge in [0.1, 0.15) is 0 Å². The van der Waals surface area contributed by atoms with Gasteiger partial charge in [-0.15, -0.1) is 0 Å². The molecular weight excluding hydrogens is 304 g/mol. The zero-order chi connectivity index (χ0) is 18.1. The summed E-state index contributed by atoms with van der Waals surface area (Å²) in [5.74, 6) is 0. The molecule has 0 bridgehead atoms. The number of benzene rings is 1. The highest BCUT2D eigenvalue weighted by molar-refractivity contribution is 5.35. The Bertz CT molecular complexity index is 731. The van der Waals surface area contributed by atoms with E-state index in [9.17, 15) is 10.1 Å². The van der Waals surface area contributed by atoms with Gasteiger partial charge in [-0.1, -0.05) is 12.1 Å². The van der Waals surface area contributed by atoms with Crippen LogP contribution < -0.4 is 5.32 Å². The second-order valence-corrected chi connectivity index (χ2v) is 7.25. The number of nitrogens with zero attached hydrogens (tertiary/aromatic N) is 3. The van der Waals surface area contributed by atoms with Crippen LogP contribution in [0.1, 0.15) is 63.5 Å². The molecule has 2 aromatic rings. The van der Waals surface area contributed by atoms with E-state index in [0.717, 1.165) is 16.8 Å². The average molecular weight is 330 g/mol. The lowest BCUT2D eigenvalue weighted by Crippen LogP contribution is -2.23. The van der Waals surface area contributed by atoms with E-state index in [2.05, 4.69) is 44.3 Å². The Hall–Kier alpha value is -2.21. The van der Waals surface area contributed by atoms with Gasteiger partial charge in [-0.2, -0.15) is 5.10 Å². The predicted octanol–water partition coefficient (Wildman–Crippen LogP) is 4.27. The van der Waals surface area contributed by atoms with Crippen LogP contribution in [-0.4, -0.2) is 14.7 Å². The van der Waals surface area contributed by atoms with Crippen LogP contribution in [0.5, 0.6) is 0 Å². The number of nitro groups is 1. The van der Waals surface area contributed by atoms with Crippen LogP contribution in [0, 0.1) is 17.0 Å². The van der Waals surface area contributed by atoms with E-state index in [1.165, 1.54) is 6.07 Å². The van der Waals surface area contributed by atoms with Crippen molar-refractivity contribution in [1.29, 1.82) is 0 Å². The Morgan fingerprint density at radius 1 is 1.25 bits per heavy atom. The minimum atomic E-state index is -0.364. The molecule has 0 saturated heterocycles. The SMILES string of the molecule is Cc1nn(C(C)(C)C)cc1[C@H](C)N[C@H](C)c1cccc([N+](=O)[O-])c1. The van der Waals surface area contributed by atoms with E-state index in [1.807, 2.05) is 24.6 Å². The zero-order valence-corrected chi connectivity index (χ0v) is 15.2. The van der Waals surface area contributed by atoms with Crippen molar-refractivity contribution in [2.75, 3.05) is 0 Å². The Kier molecular flexibility index (Phi) is 5.08. The molecule has 0 fully saturated rings. The standard InChI is InChI=1S/C18H26N4O2/c1-12(15-8-7-9-16(10-15)22(23)24)19-13(2)17-11-21(18(4,5)6)20-14(17)3/h7-13,19H,1-6H3/t12-,13+/m1/s1. The summed E-state index contributed by atoms with van der Waals surface area (Å²) in [6, 6.07) is 6.85. The third kappa shape index (κ3) is 4.00. The Morgan fingerprint density at radius 2 is 1.92 bits per heavy atom. The number of aromatic nitrogens is 2. The van der Waals surface area contributed by atoms with Gasteiger partial charge in [-0.05, 0) is 47.1 Å². The van der Waals surface area contributed by atoms with Gasteiger partial charge in [-0.3, -0.25) is 14.8 Å². The molecule has 24 heavy (non-hydrogen) atoms. The summed E-state index contributed by atoms with van der Waals surface area (Å²) in [6.45, 7) is 12.5. The van der Waals surface area contributed by atoms with Crippen LogP contribution >= 0.6 is 0 Å². The molecule has 0 aliphatic carbocycles. The third-order valence-electron chi connectivity index (χ3n) is 4.17. The summed E-state index contributed by atoms with van der Waals surface area (Å²) >= 11 is 0. The molecule has 1 aromatic heterocycles. The fourth-order valence-corrected chi connectivity index (χ4v) is 2.71. The second kappa shape index (κ2) is 6.73. The fraction of sp³-hybridized carbons (Fsp3) is 0.500. The quantitative estimate of drug-likeness (QED) is 0.656. The van der Waals surface area contributed by atoms with Crippen molar-refractivity contribution < 1.29 is 4.92 Å². The highest BCUT2D eigenvalue weighted by atomic mass is 16.6. The molecule has 0 amide bonds. The topological polar surface area (TPSA) is 73.0 Å². The molecule has 0 unspecified atom stereocenters. The van der Waals surface area contributed by atoms with Crippen molar-refractivity contribution in [3.05, 3.63) is 57.4 Å². The Balaban J connectivity index is 2.17. The molecule has 1 heterocycles. The van der Waals surface area contributed by atoms with Crippen molar-refractivity contribution in [2.24, 2.45) is 0 Å². The van der Waals surface area contributed by atoms with Crippen molar-refractivity contribution in [2.45, 2.75) is 59.2 Å². The molecule has 2 rings (SSSR count). The van der Waals surface area contributed by atoms with Gasteiger partial charge in [-0.25, -0.2) is 0 Å². The predicted molar refractivity (Wildman–Crippen MR) is 95.0 cm³/mol. The summed E-state index contributed by atoms with van der Waals surface area (Å²) in [5, 5.41) is 19.1. The second-order valence-electron chi connectivity index (χ2n) is 7.25. The normalized spacial score (nSPS) is 14.4. The molecule has 0 aliphatic heterocycles. The number of hydrogen-bond acceptors (Lipinski definition) is 4. The molecular formula is C18H26N4O2. The van der Waals surface area contributed by atoms with Crippen molar-refractivity contribution in [3.8, 4) is 0 Å². The monoisotopic (exact) mass is 330 g/mol. The molecule has 1 N–H and O–H groups in total. The molecule has 0 aliphatic rings. The van der Waals surface area contributed by atoms with Gasteiger partial charge in [0.05, 0.1) is 16.2 Å². The van der Waals surface area contributed by atoms with Crippen LogP contribution in [0.4, 0.5) is 5.69 Å². The summed E-state index contributed by atoms with van der Waals surface area (Å²) in [5.41, 5.74) is 3.09. The Morgan fingerprint density at radius 3 is 2.46 bits per heavy atom. The van der Waals surface area contributed by atoms with E-state index < -0.39 is 0 Å². The summed E-state index contributed by atoms with van der Waals surface area (Å²) in [7, 11) is 0. The highest BCUT2D eigenvalue weighted by Crippen LogP contribution is 2.25. The van der Waals surface area contributed by atoms with Crippen LogP contribution in [0.2, 0.25) is 0 Å². The molecule has 0 saturated carbocycles. The number of nitro benzene ring substituents is 1.